The number of allylic oxidation sites excluding steroid dienone is 4. The molecule has 3 N–H and O–H groups in total. The molecule has 0 saturated heterocycles. The molecule has 0 rings (SSSR count). The molecule has 0 aromatic heterocycles. The van der Waals surface area contributed by atoms with E-state index in [4.69, 9.17) is 37.0 Å². The molecule has 0 fully saturated rings. The van der Waals surface area contributed by atoms with Gasteiger partial charge in [-0.3, -0.25) is 37.3 Å². The van der Waals surface area contributed by atoms with Crippen molar-refractivity contribution in [1.82, 2.24) is 0 Å². The Morgan fingerprint density at radius 3 is 0.839 bits per heavy atom. The van der Waals surface area contributed by atoms with Crippen LogP contribution in [-0.4, -0.2) is 96.7 Å². The van der Waals surface area contributed by atoms with Crippen LogP contribution in [0.3, 0.4) is 0 Å². The Hall–Kier alpha value is -2.46. The number of unbranched alkanes of at least 4 members (excludes halogenated alkanes) is 38. The zero-order valence-electron chi connectivity index (χ0n) is 55.5. The minimum atomic E-state index is -4.95. The molecule has 0 spiro atoms. The van der Waals surface area contributed by atoms with Crippen LogP contribution in [0.5, 0.6) is 0 Å². The van der Waals surface area contributed by atoms with Crippen LogP contribution in [0.4, 0.5) is 0 Å². The Morgan fingerprint density at radius 1 is 0.322 bits per heavy atom. The fourth-order valence-corrected chi connectivity index (χ4v) is 11.4. The number of phosphoric ester groups is 2. The van der Waals surface area contributed by atoms with Crippen LogP contribution >= 0.6 is 15.6 Å². The lowest BCUT2D eigenvalue weighted by molar-refractivity contribution is -0.161. The third-order valence-corrected chi connectivity index (χ3v) is 17.1. The number of hydrogen-bond acceptors (Lipinski definition) is 15. The standard InChI is InChI=1S/C68H128O17P2/c1-5-9-13-17-21-25-27-29-31-33-35-37-39-43-47-51-55-68(73)85-64(59-79-66(71)53-49-45-42-38-36-34-32-30-28-26-22-18-14-10-6-2)61-83-87(76,77)81-57-62(69)56-80-86(74,75)82-60-63(84-67(72)54-50-46-41-24-20-16-12-8-4)58-78-65(70)52-48-44-40-23-19-15-11-7-3/h26,28,30,32,62-64,69H,5-25,27,29,31,33-61H2,1-4H3,(H,74,75)(H,76,77)/b28-26-,32-30-/t62-,63+,64+/m0/s1. The first-order valence-corrected chi connectivity index (χ1v) is 38.1. The maximum Gasteiger partial charge on any atom is 0.472 e. The first-order chi connectivity index (χ1) is 42.2. The predicted molar refractivity (Wildman–Crippen MR) is 349 cm³/mol. The van der Waals surface area contributed by atoms with E-state index in [9.17, 15) is 43.2 Å². The summed E-state index contributed by atoms with van der Waals surface area (Å²) < 4.78 is 68.0. The van der Waals surface area contributed by atoms with Crippen molar-refractivity contribution in [1.29, 1.82) is 0 Å². The molecular weight excluding hydrogens is 1150 g/mol. The molecule has 5 atom stereocenters. The van der Waals surface area contributed by atoms with Crippen molar-refractivity contribution in [3.05, 3.63) is 24.3 Å². The van der Waals surface area contributed by atoms with Gasteiger partial charge in [0.15, 0.2) is 12.2 Å². The van der Waals surface area contributed by atoms with Crippen LogP contribution in [0.25, 0.3) is 0 Å². The third kappa shape index (κ3) is 62.1. The van der Waals surface area contributed by atoms with Gasteiger partial charge >= 0.3 is 39.5 Å². The summed E-state index contributed by atoms with van der Waals surface area (Å²) in [5.74, 6) is -2.16. The second-order valence-electron chi connectivity index (χ2n) is 23.9. The second-order valence-corrected chi connectivity index (χ2v) is 26.8. The van der Waals surface area contributed by atoms with Crippen molar-refractivity contribution in [2.24, 2.45) is 0 Å². The van der Waals surface area contributed by atoms with Crippen molar-refractivity contribution in [3.8, 4) is 0 Å². The predicted octanol–water partition coefficient (Wildman–Crippen LogP) is 19.1. The van der Waals surface area contributed by atoms with E-state index < -0.39 is 97.5 Å². The van der Waals surface area contributed by atoms with E-state index >= 15 is 0 Å². The van der Waals surface area contributed by atoms with Gasteiger partial charge in [-0.05, 0) is 51.4 Å². The van der Waals surface area contributed by atoms with Gasteiger partial charge in [-0.15, -0.1) is 0 Å². The summed E-state index contributed by atoms with van der Waals surface area (Å²) >= 11 is 0. The quantitative estimate of drug-likeness (QED) is 0.0169. The summed E-state index contributed by atoms with van der Waals surface area (Å²) in [5, 5.41) is 10.5. The third-order valence-electron chi connectivity index (χ3n) is 15.2. The van der Waals surface area contributed by atoms with Crippen molar-refractivity contribution in [3.63, 3.8) is 0 Å². The number of carbonyl (C=O) groups excluding carboxylic acids is 4. The summed E-state index contributed by atoms with van der Waals surface area (Å²) in [5.41, 5.74) is 0. The zero-order chi connectivity index (χ0) is 64.0. The first kappa shape index (κ1) is 84.5. The number of ether oxygens (including phenoxy) is 4. The van der Waals surface area contributed by atoms with E-state index in [1.165, 1.54) is 128 Å². The number of hydrogen-bond donors (Lipinski definition) is 3. The van der Waals surface area contributed by atoms with Crippen LogP contribution in [-0.2, 0) is 65.4 Å². The molecule has 0 bridgehead atoms. The highest BCUT2D eigenvalue weighted by atomic mass is 31.2. The van der Waals surface area contributed by atoms with Gasteiger partial charge in [0, 0.05) is 25.7 Å². The Morgan fingerprint density at radius 2 is 0.552 bits per heavy atom. The van der Waals surface area contributed by atoms with E-state index in [0.717, 1.165) is 122 Å². The van der Waals surface area contributed by atoms with Gasteiger partial charge in [0.1, 0.15) is 19.3 Å². The second kappa shape index (κ2) is 62.4. The molecule has 512 valence electrons. The summed E-state index contributed by atoms with van der Waals surface area (Å²) in [6.45, 7) is 4.81. The van der Waals surface area contributed by atoms with Crippen molar-refractivity contribution in [2.75, 3.05) is 39.6 Å². The zero-order valence-corrected chi connectivity index (χ0v) is 57.3. The number of carbonyl (C=O) groups is 4. The monoisotopic (exact) mass is 1280 g/mol. The van der Waals surface area contributed by atoms with Gasteiger partial charge in [0.25, 0.3) is 0 Å². The lowest BCUT2D eigenvalue weighted by Crippen LogP contribution is -2.30. The highest BCUT2D eigenvalue weighted by Gasteiger charge is 2.30. The number of esters is 4. The van der Waals surface area contributed by atoms with Gasteiger partial charge < -0.3 is 33.8 Å². The van der Waals surface area contributed by atoms with Gasteiger partial charge in [0.05, 0.1) is 26.4 Å². The molecule has 2 unspecified atom stereocenters. The summed E-state index contributed by atoms with van der Waals surface area (Å²) in [4.78, 5) is 72.2. The average Bonchev–Trinajstić information content (AvgIpc) is 3.59. The molecule has 0 amide bonds. The lowest BCUT2D eigenvalue weighted by Gasteiger charge is -2.21. The van der Waals surface area contributed by atoms with Crippen molar-refractivity contribution in [2.45, 2.75) is 348 Å². The first-order valence-electron chi connectivity index (χ1n) is 35.1. The fourth-order valence-electron chi connectivity index (χ4n) is 9.80. The van der Waals surface area contributed by atoms with Gasteiger partial charge in [-0.2, -0.15) is 0 Å². The molecule has 0 aliphatic rings. The van der Waals surface area contributed by atoms with Gasteiger partial charge in [-0.1, -0.05) is 277 Å². The molecule has 17 nitrogen and oxygen atoms in total. The number of rotatable bonds is 67. The minimum Gasteiger partial charge on any atom is -0.462 e. The molecule has 0 aromatic carbocycles. The number of phosphoric acid groups is 2. The Bertz CT molecular complexity index is 1760. The van der Waals surface area contributed by atoms with Gasteiger partial charge in [-0.25, -0.2) is 9.13 Å². The molecule has 0 radical (unpaired) electrons. The van der Waals surface area contributed by atoms with Crippen LogP contribution in [0.2, 0.25) is 0 Å². The van der Waals surface area contributed by atoms with Crippen LogP contribution in [0.15, 0.2) is 24.3 Å². The average molecular weight is 1280 g/mol. The molecule has 0 aromatic rings. The molecule has 19 heteroatoms. The molecule has 87 heavy (non-hydrogen) atoms. The van der Waals surface area contributed by atoms with Crippen molar-refractivity contribution < 1.29 is 80.2 Å². The maximum absolute atomic E-state index is 13.0. The Labute approximate surface area is 529 Å². The molecule has 0 saturated carbocycles. The highest BCUT2D eigenvalue weighted by Crippen LogP contribution is 2.45. The van der Waals surface area contributed by atoms with E-state index in [2.05, 4.69) is 52.0 Å². The highest BCUT2D eigenvalue weighted by molar-refractivity contribution is 7.47. The summed E-state index contributed by atoms with van der Waals surface area (Å²) in [6, 6.07) is 0. The topological polar surface area (TPSA) is 237 Å². The molecular formula is C68H128O17P2. The van der Waals surface area contributed by atoms with Crippen LogP contribution < -0.4 is 0 Å². The SMILES string of the molecule is CCCCCC/C=C\C=C/CCCCCCCC(=O)OC[C@H](COP(=O)(O)OC[C@@H](O)COP(=O)(O)OC[C@@H](COC(=O)CCCCCCCCCC)OC(=O)CCCCCCCCCC)OC(=O)CCCCCCCCCCCCCCCCCC. The molecule has 0 heterocycles. The smallest absolute Gasteiger partial charge is 0.462 e. The maximum atomic E-state index is 13.0. The van der Waals surface area contributed by atoms with Crippen molar-refractivity contribution >= 4 is 39.5 Å². The summed E-state index contributed by atoms with van der Waals surface area (Å²) in [7, 11) is -9.90. The Kier molecular flexibility index (Phi) is 60.6. The fraction of sp³-hybridized carbons (Fsp3) is 0.882. The number of aliphatic hydroxyl groups excluding tert-OH is 1. The van der Waals surface area contributed by atoms with E-state index in [0.29, 0.717) is 25.7 Å². The molecule has 0 aliphatic heterocycles. The largest absolute Gasteiger partial charge is 0.472 e. The van der Waals surface area contributed by atoms with Gasteiger partial charge in [0.2, 0.25) is 0 Å². The number of aliphatic hydroxyl groups is 1. The lowest BCUT2D eigenvalue weighted by atomic mass is 10.0. The minimum absolute atomic E-state index is 0.102. The van der Waals surface area contributed by atoms with E-state index in [1.807, 2.05) is 0 Å². The Balaban J connectivity index is 5.23. The van der Waals surface area contributed by atoms with Crippen LogP contribution in [0.1, 0.15) is 329 Å². The van der Waals surface area contributed by atoms with Crippen LogP contribution in [0, 0.1) is 0 Å². The van der Waals surface area contributed by atoms with E-state index in [1.54, 1.807) is 0 Å². The van der Waals surface area contributed by atoms with E-state index in [-0.39, 0.29) is 25.7 Å². The molecule has 0 aliphatic carbocycles. The normalized spacial score (nSPS) is 14.2. The summed E-state index contributed by atoms with van der Waals surface area (Å²) in [6.07, 6.45) is 52.3.